The van der Waals surface area contributed by atoms with Crippen LogP contribution in [-0.4, -0.2) is 23.0 Å². The molecule has 0 aliphatic rings. The van der Waals surface area contributed by atoms with E-state index in [1.165, 1.54) is 0 Å². The molecule has 0 aliphatic heterocycles. The van der Waals surface area contributed by atoms with E-state index in [1.54, 1.807) is 30.1 Å². The van der Waals surface area contributed by atoms with Gasteiger partial charge in [0.2, 0.25) is 0 Å². The molecule has 0 fully saturated rings. The number of nitrogens with zero attached hydrogens (tertiary/aromatic N) is 2. The average Bonchev–Trinajstić information content (AvgIpc) is 2.99. The monoisotopic (exact) mass is 384 g/mol. The fraction of sp³-hybridized carbons (Fsp3) is 0.238. The smallest absolute Gasteiger partial charge is 0.254 e. The van der Waals surface area contributed by atoms with Crippen LogP contribution in [0.15, 0.2) is 53.1 Å². The fourth-order valence-corrected chi connectivity index (χ4v) is 2.95. The maximum Gasteiger partial charge on any atom is 0.254 e. The molecule has 1 amide bonds. The molecule has 0 saturated carbocycles. The van der Waals surface area contributed by atoms with Crippen LogP contribution in [0, 0.1) is 13.8 Å². The van der Waals surface area contributed by atoms with Gasteiger partial charge in [-0.15, -0.1) is 0 Å². The summed E-state index contributed by atoms with van der Waals surface area (Å²) in [6, 6.07) is 14.6. The van der Waals surface area contributed by atoms with Crippen molar-refractivity contribution in [2.75, 3.05) is 7.05 Å². The van der Waals surface area contributed by atoms with Gasteiger partial charge in [-0.3, -0.25) is 4.79 Å². The second-order valence-corrected chi connectivity index (χ2v) is 6.78. The van der Waals surface area contributed by atoms with Gasteiger partial charge in [-0.1, -0.05) is 41.0 Å². The minimum absolute atomic E-state index is 0.0993. The van der Waals surface area contributed by atoms with Crippen molar-refractivity contribution in [3.8, 4) is 5.75 Å². The topological polar surface area (TPSA) is 55.6 Å². The Bertz CT molecular complexity index is 933. The highest BCUT2D eigenvalue weighted by atomic mass is 35.5. The minimum atomic E-state index is -0.0993. The van der Waals surface area contributed by atoms with Gasteiger partial charge < -0.3 is 14.2 Å². The van der Waals surface area contributed by atoms with E-state index in [9.17, 15) is 4.79 Å². The molecule has 140 valence electrons. The molecule has 2 aromatic carbocycles. The van der Waals surface area contributed by atoms with Crippen molar-refractivity contribution in [1.82, 2.24) is 10.1 Å². The van der Waals surface area contributed by atoms with E-state index >= 15 is 0 Å². The summed E-state index contributed by atoms with van der Waals surface area (Å²) in [6.45, 7) is 4.50. The lowest BCUT2D eigenvalue weighted by Gasteiger charge is -2.18. The summed E-state index contributed by atoms with van der Waals surface area (Å²) in [5.74, 6) is 1.25. The Morgan fingerprint density at radius 3 is 2.67 bits per heavy atom. The lowest BCUT2D eigenvalue weighted by Crippen LogP contribution is -2.26. The Kier molecular flexibility index (Phi) is 5.81. The summed E-state index contributed by atoms with van der Waals surface area (Å²) in [7, 11) is 1.75. The summed E-state index contributed by atoms with van der Waals surface area (Å²) in [5, 5.41) is 4.56. The van der Waals surface area contributed by atoms with Crippen LogP contribution in [0.2, 0.25) is 5.02 Å². The zero-order valence-electron chi connectivity index (χ0n) is 15.5. The molecule has 0 unspecified atom stereocenters. The average molecular weight is 385 g/mol. The Balaban J connectivity index is 1.69. The molecule has 0 atom stereocenters. The molecule has 0 saturated heterocycles. The summed E-state index contributed by atoms with van der Waals surface area (Å²) < 4.78 is 11.0. The van der Waals surface area contributed by atoms with Crippen molar-refractivity contribution in [3.63, 3.8) is 0 Å². The van der Waals surface area contributed by atoms with Crippen LogP contribution in [0.3, 0.4) is 0 Å². The number of aryl methyl sites for hydroxylation is 2. The van der Waals surface area contributed by atoms with Crippen molar-refractivity contribution in [1.29, 1.82) is 0 Å². The summed E-state index contributed by atoms with van der Waals surface area (Å²) in [6.07, 6.45) is 0. The molecular weight excluding hydrogens is 364 g/mol. The van der Waals surface area contributed by atoms with Crippen LogP contribution in [0.4, 0.5) is 0 Å². The number of amides is 1. The molecule has 27 heavy (non-hydrogen) atoms. The van der Waals surface area contributed by atoms with Gasteiger partial charge in [0.05, 0.1) is 11.3 Å². The number of benzene rings is 2. The second-order valence-electron chi connectivity index (χ2n) is 6.37. The van der Waals surface area contributed by atoms with Gasteiger partial charge in [-0.2, -0.15) is 0 Å². The second kappa shape index (κ2) is 8.27. The van der Waals surface area contributed by atoms with Crippen molar-refractivity contribution < 1.29 is 14.1 Å². The van der Waals surface area contributed by atoms with Gasteiger partial charge in [0.25, 0.3) is 5.91 Å². The highest BCUT2D eigenvalue weighted by Crippen LogP contribution is 2.21. The number of carbonyl (C=O) groups excluding carboxylic acids is 1. The van der Waals surface area contributed by atoms with E-state index in [0.717, 1.165) is 22.6 Å². The van der Waals surface area contributed by atoms with Crippen molar-refractivity contribution in [2.24, 2.45) is 0 Å². The lowest BCUT2D eigenvalue weighted by molar-refractivity contribution is 0.0784. The van der Waals surface area contributed by atoms with Gasteiger partial charge in [-0.25, -0.2) is 0 Å². The third-order valence-electron chi connectivity index (χ3n) is 4.36. The fourth-order valence-electron chi connectivity index (χ4n) is 2.76. The molecule has 6 heteroatoms. The number of hydrogen-bond acceptors (Lipinski definition) is 4. The third-order valence-corrected chi connectivity index (χ3v) is 4.73. The van der Waals surface area contributed by atoms with Gasteiger partial charge in [0, 0.05) is 24.2 Å². The Morgan fingerprint density at radius 2 is 1.96 bits per heavy atom. The van der Waals surface area contributed by atoms with Crippen molar-refractivity contribution >= 4 is 17.5 Å². The van der Waals surface area contributed by atoms with Crippen LogP contribution in [0.1, 0.15) is 32.9 Å². The number of halogens is 1. The van der Waals surface area contributed by atoms with E-state index in [-0.39, 0.29) is 5.91 Å². The Labute approximate surface area is 163 Å². The Hall–Kier alpha value is -2.79. The normalized spacial score (nSPS) is 10.7. The molecule has 0 bridgehead atoms. The number of aromatic nitrogens is 1. The highest BCUT2D eigenvalue weighted by molar-refractivity contribution is 6.31. The van der Waals surface area contributed by atoms with E-state index in [0.29, 0.717) is 29.5 Å². The number of carbonyl (C=O) groups is 1. The first-order valence-corrected chi connectivity index (χ1v) is 8.97. The van der Waals surface area contributed by atoms with E-state index in [4.69, 9.17) is 20.9 Å². The molecule has 1 heterocycles. The van der Waals surface area contributed by atoms with Gasteiger partial charge in [0.1, 0.15) is 18.1 Å². The van der Waals surface area contributed by atoms with Crippen LogP contribution >= 0.6 is 11.6 Å². The zero-order valence-corrected chi connectivity index (χ0v) is 16.3. The molecular formula is C21H21ClN2O3. The van der Waals surface area contributed by atoms with Crippen LogP contribution in [0.5, 0.6) is 5.75 Å². The SMILES string of the molecule is Cc1noc(C)c1COc1cccc(C(=O)N(C)Cc2ccccc2Cl)c1. The molecule has 3 rings (SSSR count). The standard InChI is InChI=1S/C21H21ClN2O3/c1-14-19(15(2)27-23-14)13-26-18-9-6-8-16(11-18)21(25)24(3)12-17-7-4-5-10-20(17)22/h4-11H,12-13H2,1-3H3. The van der Waals surface area contributed by atoms with Gasteiger partial charge in [-0.05, 0) is 43.7 Å². The summed E-state index contributed by atoms with van der Waals surface area (Å²) in [4.78, 5) is 14.4. The van der Waals surface area contributed by atoms with Gasteiger partial charge >= 0.3 is 0 Å². The molecule has 1 aromatic heterocycles. The van der Waals surface area contributed by atoms with Crippen LogP contribution in [0.25, 0.3) is 0 Å². The van der Waals surface area contributed by atoms with E-state index in [1.807, 2.05) is 44.2 Å². The molecule has 0 spiro atoms. The summed E-state index contributed by atoms with van der Waals surface area (Å²) >= 11 is 6.19. The van der Waals surface area contributed by atoms with Crippen LogP contribution < -0.4 is 4.74 Å². The third kappa shape index (κ3) is 4.49. The first-order chi connectivity index (χ1) is 13.0. The maximum absolute atomic E-state index is 12.8. The maximum atomic E-state index is 12.8. The number of hydrogen-bond donors (Lipinski definition) is 0. The van der Waals surface area contributed by atoms with E-state index in [2.05, 4.69) is 5.16 Å². The van der Waals surface area contributed by atoms with Gasteiger partial charge in [0.15, 0.2) is 0 Å². The molecule has 0 N–H and O–H groups in total. The van der Waals surface area contributed by atoms with E-state index < -0.39 is 0 Å². The van der Waals surface area contributed by atoms with Crippen LogP contribution in [-0.2, 0) is 13.2 Å². The predicted molar refractivity (Wildman–Crippen MR) is 104 cm³/mol. The summed E-state index contributed by atoms with van der Waals surface area (Å²) in [5.41, 5.74) is 3.18. The predicted octanol–water partition coefficient (Wildman–Crippen LogP) is 4.80. The van der Waals surface area contributed by atoms with Crippen molar-refractivity contribution in [3.05, 3.63) is 81.7 Å². The highest BCUT2D eigenvalue weighted by Gasteiger charge is 2.15. The first kappa shape index (κ1) is 19.0. The molecule has 5 nitrogen and oxygen atoms in total. The zero-order chi connectivity index (χ0) is 19.4. The molecule has 0 aliphatic carbocycles. The minimum Gasteiger partial charge on any atom is -0.489 e. The van der Waals surface area contributed by atoms with Crippen molar-refractivity contribution in [2.45, 2.75) is 27.0 Å². The lowest BCUT2D eigenvalue weighted by atomic mass is 10.1. The molecule has 3 aromatic rings. The number of rotatable bonds is 6. The first-order valence-electron chi connectivity index (χ1n) is 8.59. The Morgan fingerprint density at radius 1 is 1.19 bits per heavy atom. The quantitative estimate of drug-likeness (QED) is 0.612. The number of ether oxygens (including phenoxy) is 1. The molecule has 0 radical (unpaired) electrons. The largest absolute Gasteiger partial charge is 0.489 e.